The molecule has 1 aliphatic rings. The second kappa shape index (κ2) is 8.65. The van der Waals surface area contributed by atoms with E-state index in [0.29, 0.717) is 17.8 Å². The molecule has 1 N–H and O–H groups in total. The van der Waals surface area contributed by atoms with Gasteiger partial charge >= 0.3 is 0 Å². The summed E-state index contributed by atoms with van der Waals surface area (Å²) in [6.07, 6.45) is 1.30. The molecule has 3 aromatic rings. The fourth-order valence-corrected chi connectivity index (χ4v) is 5.00. The van der Waals surface area contributed by atoms with Gasteiger partial charge in [-0.3, -0.25) is 9.10 Å². The molecule has 0 saturated heterocycles. The number of carbonyl (C=O) groups excluding carboxylic acids is 1. The van der Waals surface area contributed by atoms with Gasteiger partial charge in [-0.15, -0.1) is 0 Å². The standard InChI is InChI=1S/C24H22N2O4S/c1-30-20-13-11-18(12-14-20)15-25-16-23-24(27)21-9-5-6-10-22(21)26(31(23,28)29)17-19-7-3-2-4-8-19/h2-14,16,25H,15,17H2,1H3. The topological polar surface area (TPSA) is 75.7 Å². The zero-order valence-corrected chi connectivity index (χ0v) is 17.8. The second-order valence-electron chi connectivity index (χ2n) is 7.08. The van der Waals surface area contributed by atoms with Crippen molar-refractivity contribution in [2.75, 3.05) is 11.4 Å². The minimum atomic E-state index is -4.03. The molecule has 0 spiro atoms. The van der Waals surface area contributed by atoms with E-state index in [1.807, 2.05) is 54.6 Å². The zero-order valence-electron chi connectivity index (χ0n) is 17.0. The molecule has 0 atom stereocenters. The lowest BCUT2D eigenvalue weighted by atomic mass is 10.1. The Hall–Kier alpha value is -3.58. The van der Waals surface area contributed by atoms with Crippen LogP contribution in [0.15, 0.2) is 90.0 Å². The SMILES string of the molecule is COc1ccc(CNC=C2C(=O)c3ccccc3N(Cc3ccccc3)S2(=O)=O)cc1. The number of carbonyl (C=O) groups is 1. The van der Waals surface area contributed by atoms with E-state index in [0.717, 1.165) is 16.9 Å². The van der Waals surface area contributed by atoms with Gasteiger partial charge in [0.25, 0.3) is 10.0 Å². The lowest BCUT2D eigenvalue weighted by Crippen LogP contribution is -2.39. The molecule has 0 aliphatic carbocycles. The molecule has 0 bridgehead atoms. The van der Waals surface area contributed by atoms with Crippen LogP contribution in [0.2, 0.25) is 0 Å². The van der Waals surface area contributed by atoms with Gasteiger partial charge < -0.3 is 10.1 Å². The van der Waals surface area contributed by atoms with Gasteiger partial charge in [-0.05, 0) is 35.4 Å². The highest BCUT2D eigenvalue weighted by atomic mass is 32.2. The number of allylic oxidation sites excluding steroid dienone is 1. The zero-order chi connectivity index (χ0) is 21.8. The third-order valence-electron chi connectivity index (χ3n) is 5.08. The fraction of sp³-hybridized carbons (Fsp3) is 0.125. The van der Waals surface area contributed by atoms with Crippen molar-refractivity contribution in [2.45, 2.75) is 13.1 Å². The van der Waals surface area contributed by atoms with Gasteiger partial charge in [-0.1, -0.05) is 54.6 Å². The Morgan fingerprint density at radius 3 is 2.29 bits per heavy atom. The maximum absolute atomic E-state index is 13.4. The molecule has 3 aromatic carbocycles. The molecule has 0 saturated carbocycles. The van der Waals surface area contributed by atoms with E-state index in [1.165, 1.54) is 10.5 Å². The van der Waals surface area contributed by atoms with E-state index >= 15 is 0 Å². The molecule has 31 heavy (non-hydrogen) atoms. The first-order valence-corrected chi connectivity index (χ1v) is 11.2. The molecule has 0 aromatic heterocycles. The van der Waals surface area contributed by atoms with Gasteiger partial charge in [-0.2, -0.15) is 0 Å². The van der Waals surface area contributed by atoms with Crippen LogP contribution in [0.3, 0.4) is 0 Å². The maximum atomic E-state index is 13.4. The van der Waals surface area contributed by atoms with Crippen LogP contribution in [0.4, 0.5) is 5.69 Å². The third-order valence-corrected chi connectivity index (χ3v) is 6.84. The Kier molecular flexibility index (Phi) is 5.77. The van der Waals surface area contributed by atoms with Gasteiger partial charge in [0.05, 0.1) is 19.3 Å². The van der Waals surface area contributed by atoms with Crippen LogP contribution in [0.1, 0.15) is 21.5 Å². The van der Waals surface area contributed by atoms with E-state index in [2.05, 4.69) is 5.32 Å². The second-order valence-corrected chi connectivity index (χ2v) is 8.91. The molecular weight excluding hydrogens is 412 g/mol. The minimum Gasteiger partial charge on any atom is -0.497 e. The number of rotatable bonds is 6. The molecular formula is C24H22N2O4S. The molecule has 4 rings (SSSR count). The average Bonchev–Trinajstić information content (AvgIpc) is 2.80. The first-order chi connectivity index (χ1) is 15.0. The van der Waals surface area contributed by atoms with Gasteiger partial charge in [0.2, 0.25) is 5.78 Å². The molecule has 0 amide bonds. The number of para-hydroxylation sites is 1. The van der Waals surface area contributed by atoms with Gasteiger partial charge in [0.15, 0.2) is 4.91 Å². The smallest absolute Gasteiger partial charge is 0.270 e. The van der Waals surface area contributed by atoms with Gasteiger partial charge in [0, 0.05) is 18.3 Å². The number of ether oxygens (including phenoxy) is 1. The predicted molar refractivity (Wildman–Crippen MR) is 120 cm³/mol. The Morgan fingerprint density at radius 1 is 0.903 bits per heavy atom. The van der Waals surface area contributed by atoms with E-state index in [9.17, 15) is 13.2 Å². The van der Waals surface area contributed by atoms with Crippen LogP contribution in [0.25, 0.3) is 0 Å². The largest absolute Gasteiger partial charge is 0.497 e. The highest BCUT2D eigenvalue weighted by Crippen LogP contribution is 2.35. The molecule has 0 unspecified atom stereocenters. The van der Waals surface area contributed by atoms with E-state index in [-0.39, 0.29) is 11.4 Å². The van der Waals surface area contributed by atoms with Crippen molar-refractivity contribution in [1.29, 1.82) is 0 Å². The number of ketones is 1. The van der Waals surface area contributed by atoms with Crippen LogP contribution in [-0.4, -0.2) is 21.3 Å². The van der Waals surface area contributed by atoms with Crippen LogP contribution >= 0.6 is 0 Å². The van der Waals surface area contributed by atoms with Crippen molar-refractivity contribution < 1.29 is 17.9 Å². The van der Waals surface area contributed by atoms with Crippen LogP contribution < -0.4 is 14.4 Å². The Balaban J connectivity index is 1.65. The van der Waals surface area contributed by atoms with E-state index in [1.54, 1.807) is 31.4 Å². The Labute approximate surface area is 181 Å². The van der Waals surface area contributed by atoms with Crippen molar-refractivity contribution in [3.05, 3.63) is 107 Å². The molecule has 7 heteroatoms. The van der Waals surface area contributed by atoms with Crippen LogP contribution in [-0.2, 0) is 23.1 Å². The summed E-state index contributed by atoms with van der Waals surface area (Å²) >= 11 is 0. The molecule has 1 aliphatic heterocycles. The molecule has 0 radical (unpaired) electrons. The summed E-state index contributed by atoms with van der Waals surface area (Å²) < 4.78 is 33.2. The summed E-state index contributed by atoms with van der Waals surface area (Å²) in [6.45, 7) is 0.514. The third kappa shape index (κ3) is 4.18. The van der Waals surface area contributed by atoms with Crippen molar-refractivity contribution in [3.63, 3.8) is 0 Å². The number of hydrogen-bond acceptors (Lipinski definition) is 5. The van der Waals surface area contributed by atoms with Gasteiger partial charge in [-0.25, -0.2) is 8.42 Å². The lowest BCUT2D eigenvalue weighted by molar-refractivity contribution is 0.104. The monoisotopic (exact) mass is 434 g/mol. The lowest BCUT2D eigenvalue weighted by Gasteiger charge is -2.31. The summed E-state index contributed by atoms with van der Waals surface area (Å²) in [6, 6.07) is 23.5. The number of methoxy groups -OCH3 is 1. The first kappa shape index (κ1) is 20.7. The maximum Gasteiger partial charge on any atom is 0.270 e. The summed E-state index contributed by atoms with van der Waals surface area (Å²) in [5, 5.41) is 2.98. The highest BCUT2D eigenvalue weighted by molar-refractivity contribution is 7.97. The number of Topliss-reactive ketones (excluding diaryl/α,β-unsaturated/α-hetero) is 1. The normalized spacial score (nSPS) is 16.1. The van der Waals surface area contributed by atoms with Crippen LogP contribution in [0, 0.1) is 0 Å². The fourth-order valence-electron chi connectivity index (χ4n) is 3.45. The van der Waals surface area contributed by atoms with E-state index in [4.69, 9.17) is 4.74 Å². The van der Waals surface area contributed by atoms with Crippen molar-refractivity contribution >= 4 is 21.5 Å². The van der Waals surface area contributed by atoms with Crippen molar-refractivity contribution in [1.82, 2.24) is 5.32 Å². The van der Waals surface area contributed by atoms with Crippen molar-refractivity contribution in [2.24, 2.45) is 0 Å². The Morgan fingerprint density at radius 2 is 1.58 bits per heavy atom. The number of nitrogens with zero attached hydrogens (tertiary/aromatic N) is 1. The summed E-state index contributed by atoms with van der Waals surface area (Å²) in [5.74, 6) is 0.224. The quantitative estimate of drug-likeness (QED) is 0.597. The first-order valence-electron chi connectivity index (χ1n) is 9.77. The highest BCUT2D eigenvalue weighted by Gasteiger charge is 2.39. The summed E-state index contributed by atoms with van der Waals surface area (Å²) in [7, 11) is -2.43. The number of fused-ring (bicyclic) bond motifs is 1. The van der Waals surface area contributed by atoms with Crippen LogP contribution in [0.5, 0.6) is 5.75 Å². The number of anilines is 1. The Bertz CT molecular complexity index is 1220. The predicted octanol–water partition coefficient (Wildman–Crippen LogP) is 3.86. The number of hydrogen-bond donors (Lipinski definition) is 1. The molecule has 6 nitrogen and oxygen atoms in total. The molecule has 1 heterocycles. The summed E-state index contributed by atoms with van der Waals surface area (Å²) in [5.41, 5.74) is 2.52. The molecule has 158 valence electrons. The number of nitrogens with one attached hydrogen (secondary N) is 1. The average molecular weight is 435 g/mol. The van der Waals surface area contributed by atoms with E-state index < -0.39 is 15.8 Å². The summed E-state index contributed by atoms with van der Waals surface area (Å²) in [4.78, 5) is 12.8. The molecule has 0 fully saturated rings. The number of sulfonamides is 1. The minimum absolute atomic E-state index is 0.142. The van der Waals surface area contributed by atoms with Crippen molar-refractivity contribution in [3.8, 4) is 5.75 Å². The number of benzene rings is 3. The van der Waals surface area contributed by atoms with Gasteiger partial charge in [0.1, 0.15) is 5.75 Å².